The highest BCUT2D eigenvalue weighted by Crippen LogP contribution is 2.17. The molecule has 0 heterocycles. The molecule has 0 fully saturated rings. The molecule has 5 heteroatoms. The predicted molar refractivity (Wildman–Crippen MR) is 71.9 cm³/mol. The maximum atomic E-state index is 5.18. The van der Waals surface area contributed by atoms with Crippen LogP contribution in [-0.2, 0) is 0 Å². The number of rotatable bonds is 4. The highest BCUT2D eigenvalue weighted by Gasteiger charge is 2.07. The van der Waals surface area contributed by atoms with Crippen molar-refractivity contribution in [2.45, 2.75) is 13.0 Å². The first-order valence-electron chi connectivity index (χ1n) is 5.39. The fourth-order valence-corrected chi connectivity index (χ4v) is 1.36. The normalized spacial score (nSPS) is 12.9. The Morgan fingerprint density at radius 3 is 2.65 bits per heavy atom. The summed E-state index contributed by atoms with van der Waals surface area (Å²) in [5.74, 6) is -0.0425. The van der Waals surface area contributed by atoms with E-state index in [9.17, 15) is 0 Å². The number of nitrogens with zero attached hydrogens (tertiary/aromatic N) is 3. The van der Waals surface area contributed by atoms with Crippen LogP contribution in [0, 0.1) is 0 Å². The van der Waals surface area contributed by atoms with Gasteiger partial charge in [-0.25, -0.2) is 0 Å². The Morgan fingerprint density at radius 2 is 2.06 bits per heavy atom. The van der Waals surface area contributed by atoms with E-state index in [-0.39, 0.29) is 5.96 Å². The lowest BCUT2D eigenvalue weighted by Gasteiger charge is -2.20. The molecule has 1 unspecified atom stereocenters. The molecule has 1 rings (SSSR count). The van der Waals surface area contributed by atoms with Gasteiger partial charge in [0.2, 0.25) is 5.96 Å². The summed E-state index contributed by atoms with van der Waals surface area (Å²) in [4.78, 5) is 2.15. The smallest absolute Gasteiger partial charge is 0.211 e. The lowest BCUT2D eigenvalue weighted by molar-refractivity contribution is 0.321. The van der Waals surface area contributed by atoms with E-state index in [0.717, 1.165) is 5.56 Å². The minimum absolute atomic E-state index is 0.0425. The van der Waals surface area contributed by atoms with E-state index >= 15 is 0 Å². The SMILES string of the molecule is CC(c1cccc(C=NN=C(N)N)c1)N(C)C. The van der Waals surface area contributed by atoms with Crippen molar-refractivity contribution in [2.24, 2.45) is 21.7 Å². The van der Waals surface area contributed by atoms with Gasteiger partial charge in [-0.2, -0.15) is 5.10 Å². The number of nitrogens with two attached hydrogens (primary N) is 2. The molecule has 0 aromatic heterocycles. The molecule has 0 amide bonds. The quantitative estimate of drug-likeness (QED) is 0.461. The predicted octanol–water partition coefficient (Wildman–Crippen LogP) is 0.917. The second-order valence-electron chi connectivity index (χ2n) is 4.08. The van der Waals surface area contributed by atoms with Crippen LogP contribution < -0.4 is 11.5 Å². The van der Waals surface area contributed by atoms with Gasteiger partial charge in [-0.3, -0.25) is 0 Å². The van der Waals surface area contributed by atoms with Crippen molar-refractivity contribution in [1.29, 1.82) is 0 Å². The molecule has 92 valence electrons. The van der Waals surface area contributed by atoms with Crippen molar-refractivity contribution in [3.63, 3.8) is 0 Å². The van der Waals surface area contributed by atoms with Gasteiger partial charge in [0.1, 0.15) is 0 Å². The van der Waals surface area contributed by atoms with Gasteiger partial charge in [-0.05, 0) is 38.2 Å². The Balaban J connectivity index is 2.86. The second-order valence-corrected chi connectivity index (χ2v) is 4.08. The van der Waals surface area contributed by atoms with Gasteiger partial charge in [0, 0.05) is 6.04 Å². The van der Waals surface area contributed by atoms with Gasteiger partial charge in [0.25, 0.3) is 0 Å². The monoisotopic (exact) mass is 233 g/mol. The van der Waals surface area contributed by atoms with Crippen molar-refractivity contribution in [3.05, 3.63) is 35.4 Å². The third-order valence-electron chi connectivity index (χ3n) is 2.55. The Labute approximate surface area is 102 Å². The van der Waals surface area contributed by atoms with E-state index in [1.165, 1.54) is 5.56 Å². The summed E-state index contributed by atoms with van der Waals surface area (Å²) in [6, 6.07) is 8.45. The molecule has 1 aromatic rings. The van der Waals surface area contributed by atoms with Gasteiger partial charge < -0.3 is 16.4 Å². The van der Waals surface area contributed by atoms with Crippen LogP contribution in [0.1, 0.15) is 24.1 Å². The van der Waals surface area contributed by atoms with Crippen molar-refractivity contribution in [1.82, 2.24) is 4.90 Å². The maximum absolute atomic E-state index is 5.18. The van der Waals surface area contributed by atoms with Gasteiger partial charge in [-0.1, -0.05) is 18.2 Å². The summed E-state index contributed by atoms with van der Waals surface area (Å²) in [6.07, 6.45) is 1.63. The molecule has 1 atom stereocenters. The molecule has 0 aliphatic heterocycles. The molecule has 17 heavy (non-hydrogen) atoms. The first-order chi connectivity index (χ1) is 8.00. The Morgan fingerprint density at radius 1 is 1.35 bits per heavy atom. The number of hydrogen-bond donors (Lipinski definition) is 2. The third-order valence-corrected chi connectivity index (χ3v) is 2.55. The molecule has 4 N–H and O–H groups in total. The molecular formula is C12H19N5. The fourth-order valence-electron chi connectivity index (χ4n) is 1.36. The van der Waals surface area contributed by atoms with Gasteiger partial charge >= 0.3 is 0 Å². The van der Waals surface area contributed by atoms with Crippen LogP contribution in [0.15, 0.2) is 34.5 Å². The molecule has 0 aliphatic rings. The van der Waals surface area contributed by atoms with Crippen LogP contribution in [0.2, 0.25) is 0 Å². The van der Waals surface area contributed by atoms with Crippen LogP contribution in [0.25, 0.3) is 0 Å². The Kier molecular flexibility index (Phi) is 4.66. The van der Waals surface area contributed by atoms with Gasteiger partial charge in [0.15, 0.2) is 0 Å². The van der Waals surface area contributed by atoms with Crippen molar-refractivity contribution in [3.8, 4) is 0 Å². The first-order valence-corrected chi connectivity index (χ1v) is 5.39. The van der Waals surface area contributed by atoms with E-state index in [1.54, 1.807) is 6.21 Å². The Bertz CT molecular complexity index is 419. The van der Waals surface area contributed by atoms with Crippen LogP contribution >= 0.6 is 0 Å². The molecule has 0 bridgehead atoms. The highest BCUT2D eigenvalue weighted by atomic mass is 15.3. The summed E-state index contributed by atoms with van der Waals surface area (Å²) >= 11 is 0. The summed E-state index contributed by atoms with van der Waals surface area (Å²) in [6.45, 7) is 2.15. The number of hydrogen-bond acceptors (Lipinski definition) is 3. The molecular weight excluding hydrogens is 214 g/mol. The summed E-state index contributed by atoms with van der Waals surface area (Å²) in [7, 11) is 4.09. The van der Waals surface area contributed by atoms with E-state index in [4.69, 9.17) is 11.5 Å². The molecule has 1 aromatic carbocycles. The van der Waals surface area contributed by atoms with Crippen LogP contribution in [0.5, 0.6) is 0 Å². The number of guanidine groups is 1. The van der Waals surface area contributed by atoms with E-state index < -0.39 is 0 Å². The molecule has 0 saturated carbocycles. The van der Waals surface area contributed by atoms with Crippen LogP contribution in [0.4, 0.5) is 0 Å². The minimum Gasteiger partial charge on any atom is -0.369 e. The van der Waals surface area contributed by atoms with E-state index in [1.807, 2.05) is 26.2 Å². The Hall–Kier alpha value is -1.88. The molecule has 0 radical (unpaired) electrons. The molecule has 0 spiro atoms. The molecule has 5 nitrogen and oxygen atoms in total. The average Bonchev–Trinajstić information content (AvgIpc) is 2.28. The number of benzene rings is 1. The lowest BCUT2D eigenvalue weighted by Crippen LogP contribution is -2.21. The topological polar surface area (TPSA) is 80.0 Å². The molecule has 0 aliphatic carbocycles. The van der Waals surface area contributed by atoms with Crippen molar-refractivity contribution >= 4 is 12.2 Å². The largest absolute Gasteiger partial charge is 0.369 e. The fraction of sp³-hybridized carbons (Fsp3) is 0.333. The zero-order valence-corrected chi connectivity index (χ0v) is 10.5. The minimum atomic E-state index is -0.0425. The average molecular weight is 233 g/mol. The third kappa shape index (κ3) is 4.24. The van der Waals surface area contributed by atoms with Crippen LogP contribution in [-0.4, -0.2) is 31.2 Å². The summed E-state index contributed by atoms with van der Waals surface area (Å²) in [5.41, 5.74) is 12.6. The maximum Gasteiger partial charge on any atom is 0.211 e. The van der Waals surface area contributed by atoms with Crippen molar-refractivity contribution in [2.75, 3.05) is 14.1 Å². The first kappa shape index (κ1) is 13.2. The zero-order chi connectivity index (χ0) is 12.8. The summed E-state index contributed by atoms with van der Waals surface area (Å²) in [5, 5.41) is 7.35. The van der Waals surface area contributed by atoms with E-state index in [0.29, 0.717) is 6.04 Å². The summed E-state index contributed by atoms with van der Waals surface area (Å²) < 4.78 is 0. The lowest BCUT2D eigenvalue weighted by atomic mass is 10.1. The van der Waals surface area contributed by atoms with Crippen molar-refractivity contribution < 1.29 is 0 Å². The standard InChI is InChI=1S/C12H19N5/c1-9(17(2)3)11-6-4-5-10(7-11)8-15-16-12(13)14/h4-9H,1-3H3,(H4,13,14,16). The second kappa shape index (κ2) is 6.00. The van der Waals surface area contributed by atoms with E-state index in [2.05, 4.69) is 34.2 Å². The molecule has 0 saturated heterocycles. The van der Waals surface area contributed by atoms with Crippen LogP contribution in [0.3, 0.4) is 0 Å². The van der Waals surface area contributed by atoms with Gasteiger partial charge in [-0.15, -0.1) is 5.10 Å². The van der Waals surface area contributed by atoms with Gasteiger partial charge in [0.05, 0.1) is 6.21 Å². The zero-order valence-electron chi connectivity index (χ0n) is 10.5. The highest BCUT2D eigenvalue weighted by molar-refractivity contribution is 5.81.